The fourth-order valence-electron chi connectivity index (χ4n) is 2.46. The lowest BCUT2D eigenvalue weighted by molar-refractivity contribution is -0.147. The zero-order valence-electron chi connectivity index (χ0n) is 15.9. The highest BCUT2D eigenvalue weighted by Crippen LogP contribution is 2.17. The number of aryl methyl sites for hydroxylation is 2. The molecule has 2 rings (SSSR count). The van der Waals surface area contributed by atoms with Crippen LogP contribution in [0.1, 0.15) is 30.4 Å². The predicted octanol–water partition coefficient (Wildman–Crippen LogP) is 4.25. The normalized spacial score (nSPS) is 10.2. The number of carbonyl (C=O) groups is 3. The predicted molar refractivity (Wildman–Crippen MR) is 109 cm³/mol. The summed E-state index contributed by atoms with van der Waals surface area (Å²) in [5.74, 6) is -1.15. The Morgan fingerprint density at radius 3 is 2.50 bits per heavy atom. The number of carbonyl (C=O) groups excluding carboxylic acids is 3. The summed E-state index contributed by atoms with van der Waals surface area (Å²) >= 11 is 5.84. The number of nitrogens with one attached hydrogen (secondary N) is 2. The van der Waals surface area contributed by atoms with E-state index in [0.717, 1.165) is 16.8 Å². The average Bonchev–Trinajstić information content (AvgIpc) is 2.63. The molecule has 2 amide bonds. The number of rotatable bonds is 8. The van der Waals surface area contributed by atoms with Gasteiger partial charge in [-0.1, -0.05) is 29.8 Å². The van der Waals surface area contributed by atoms with Crippen LogP contribution in [0.2, 0.25) is 5.02 Å². The molecule has 0 saturated carbocycles. The summed E-state index contributed by atoms with van der Waals surface area (Å²) in [4.78, 5) is 35.5. The standard InChI is InChI=1S/C21H23ClN2O4/c1-14-9-10-15(2)18(11-14)24-19(25)7-4-8-21(27)28-13-20(26)23-17-6-3-5-16(22)12-17/h3,5-6,9-12H,4,7-8,13H2,1-2H3,(H,23,26)(H,24,25). The summed E-state index contributed by atoms with van der Waals surface area (Å²) in [6.07, 6.45) is 0.591. The van der Waals surface area contributed by atoms with E-state index < -0.39 is 11.9 Å². The molecule has 2 aromatic rings. The van der Waals surface area contributed by atoms with Crippen molar-refractivity contribution in [3.8, 4) is 0 Å². The fourth-order valence-corrected chi connectivity index (χ4v) is 2.65. The molecular formula is C21H23ClN2O4. The number of hydrogen-bond acceptors (Lipinski definition) is 4. The molecule has 0 aliphatic carbocycles. The lowest BCUT2D eigenvalue weighted by Crippen LogP contribution is -2.21. The highest BCUT2D eigenvalue weighted by atomic mass is 35.5. The maximum absolute atomic E-state index is 12.0. The number of amides is 2. The van der Waals surface area contributed by atoms with E-state index in [1.54, 1.807) is 24.3 Å². The van der Waals surface area contributed by atoms with Gasteiger partial charge in [-0.15, -0.1) is 0 Å². The van der Waals surface area contributed by atoms with Crippen LogP contribution in [0.5, 0.6) is 0 Å². The first-order valence-electron chi connectivity index (χ1n) is 8.91. The minimum absolute atomic E-state index is 0.0602. The maximum atomic E-state index is 12.0. The Morgan fingerprint density at radius 2 is 1.75 bits per heavy atom. The van der Waals surface area contributed by atoms with Gasteiger partial charge in [-0.2, -0.15) is 0 Å². The third-order valence-electron chi connectivity index (χ3n) is 3.92. The lowest BCUT2D eigenvalue weighted by atomic mass is 10.1. The lowest BCUT2D eigenvalue weighted by Gasteiger charge is -2.09. The zero-order valence-corrected chi connectivity index (χ0v) is 16.6. The molecule has 6 nitrogen and oxygen atoms in total. The van der Waals surface area contributed by atoms with Crippen molar-refractivity contribution < 1.29 is 19.1 Å². The number of halogens is 1. The van der Waals surface area contributed by atoms with Gasteiger partial charge in [0.1, 0.15) is 0 Å². The second kappa shape index (κ2) is 10.5. The molecule has 0 spiro atoms. The van der Waals surface area contributed by atoms with Crippen LogP contribution in [0.15, 0.2) is 42.5 Å². The van der Waals surface area contributed by atoms with Gasteiger partial charge in [0.25, 0.3) is 5.91 Å². The van der Waals surface area contributed by atoms with E-state index in [4.69, 9.17) is 16.3 Å². The Labute approximate surface area is 169 Å². The summed E-state index contributed by atoms with van der Waals surface area (Å²) < 4.78 is 4.93. The molecule has 2 N–H and O–H groups in total. The maximum Gasteiger partial charge on any atom is 0.306 e. The molecule has 0 aliphatic rings. The topological polar surface area (TPSA) is 84.5 Å². The molecule has 0 atom stereocenters. The van der Waals surface area contributed by atoms with Gasteiger partial charge in [-0.05, 0) is 55.7 Å². The van der Waals surface area contributed by atoms with Crippen LogP contribution in [0.3, 0.4) is 0 Å². The van der Waals surface area contributed by atoms with Gasteiger partial charge in [0.15, 0.2) is 6.61 Å². The summed E-state index contributed by atoms with van der Waals surface area (Å²) in [6.45, 7) is 3.48. The first-order chi connectivity index (χ1) is 13.3. The molecule has 0 heterocycles. The highest BCUT2D eigenvalue weighted by Gasteiger charge is 2.10. The van der Waals surface area contributed by atoms with E-state index >= 15 is 0 Å². The molecule has 0 bridgehead atoms. The monoisotopic (exact) mass is 402 g/mol. The average molecular weight is 403 g/mol. The van der Waals surface area contributed by atoms with Crippen molar-refractivity contribution in [3.63, 3.8) is 0 Å². The van der Waals surface area contributed by atoms with Crippen molar-refractivity contribution in [2.75, 3.05) is 17.2 Å². The Morgan fingerprint density at radius 1 is 0.964 bits per heavy atom. The van der Waals surface area contributed by atoms with E-state index in [-0.39, 0.29) is 25.4 Å². The van der Waals surface area contributed by atoms with Crippen LogP contribution >= 0.6 is 11.6 Å². The molecule has 2 aromatic carbocycles. The van der Waals surface area contributed by atoms with E-state index in [1.807, 2.05) is 32.0 Å². The second-order valence-corrected chi connectivity index (χ2v) is 6.88. The van der Waals surface area contributed by atoms with Gasteiger partial charge < -0.3 is 15.4 Å². The summed E-state index contributed by atoms with van der Waals surface area (Å²) in [5.41, 5.74) is 3.33. The van der Waals surface area contributed by atoms with Crippen LogP contribution in [-0.2, 0) is 19.1 Å². The van der Waals surface area contributed by atoms with Crippen molar-refractivity contribution in [1.29, 1.82) is 0 Å². The van der Waals surface area contributed by atoms with Crippen LogP contribution in [-0.4, -0.2) is 24.4 Å². The smallest absolute Gasteiger partial charge is 0.306 e. The van der Waals surface area contributed by atoms with Gasteiger partial charge in [0, 0.05) is 29.2 Å². The Kier molecular flexibility index (Phi) is 8.02. The van der Waals surface area contributed by atoms with Crippen LogP contribution in [0.4, 0.5) is 11.4 Å². The Balaban J connectivity index is 1.66. The van der Waals surface area contributed by atoms with Crippen LogP contribution in [0.25, 0.3) is 0 Å². The third-order valence-corrected chi connectivity index (χ3v) is 4.16. The van der Waals surface area contributed by atoms with Crippen molar-refractivity contribution in [2.24, 2.45) is 0 Å². The number of esters is 1. The largest absolute Gasteiger partial charge is 0.456 e. The quantitative estimate of drug-likeness (QED) is 0.646. The van der Waals surface area contributed by atoms with Gasteiger partial charge >= 0.3 is 5.97 Å². The van der Waals surface area contributed by atoms with Crippen LogP contribution < -0.4 is 10.6 Å². The SMILES string of the molecule is Cc1ccc(C)c(NC(=O)CCCC(=O)OCC(=O)Nc2cccc(Cl)c2)c1. The minimum atomic E-state index is -0.527. The van der Waals surface area contributed by atoms with E-state index in [2.05, 4.69) is 10.6 Å². The highest BCUT2D eigenvalue weighted by molar-refractivity contribution is 6.30. The van der Waals surface area contributed by atoms with E-state index in [9.17, 15) is 14.4 Å². The fraction of sp³-hybridized carbons (Fsp3) is 0.286. The summed E-state index contributed by atoms with van der Waals surface area (Å²) in [5, 5.41) is 5.92. The molecule has 148 valence electrons. The van der Waals surface area contributed by atoms with Crippen molar-refractivity contribution in [3.05, 3.63) is 58.6 Å². The van der Waals surface area contributed by atoms with Crippen molar-refractivity contribution >= 4 is 40.8 Å². The Bertz CT molecular complexity index is 867. The van der Waals surface area contributed by atoms with Crippen molar-refractivity contribution in [1.82, 2.24) is 0 Å². The number of hydrogen-bond donors (Lipinski definition) is 2. The molecule has 0 unspecified atom stereocenters. The second-order valence-electron chi connectivity index (χ2n) is 6.44. The van der Waals surface area contributed by atoms with Crippen LogP contribution in [0, 0.1) is 13.8 Å². The van der Waals surface area contributed by atoms with Gasteiger partial charge in [-0.3, -0.25) is 14.4 Å². The zero-order chi connectivity index (χ0) is 20.5. The molecule has 0 radical (unpaired) electrons. The summed E-state index contributed by atoms with van der Waals surface area (Å²) in [6, 6.07) is 12.5. The number of ether oxygens (including phenoxy) is 1. The third kappa shape index (κ3) is 7.40. The number of anilines is 2. The molecule has 0 aliphatic heterocycles. The minimum Gasteiger partial charge on any atom is -0.456 e. The van der Waals surface area contributed by atoms with Gasteiger partial charge in [0.05, 0.1) is 0 Å². The van der Waals surface area contributed by atoms with E-state index in [0.29, 0.717) is 17.1 Å². The molecular weight excluding hydrogens is 380 g/mol. The number of benzene rings is 2. The Hall–Kier alpha value is -2.86. The molecule has 7 heteroatoms. The van der Waals surface area contributed by atoms with Gasteiger partial charge in [0.2, 0.25) is 5.91 Å². The molecule has 0 aromatic heterocycles. The summed E-state index contributed by atoms with van der Waals surface area (Å²) in [7, 11) is 0. The van der Waals surface area contributed by atoms with E-state index in [1.165, 1.54) is 0 Å². The first kappa shape index (κ1) is 21.4. The first-order valence-corrected chi connectivity index (χ1v) is 9.29. The molecule has 28 heavy (non-hydrogen) atoms. The van der Waals surface area contributed by atoms with Gasteiger partial charge in [-0.25, -0.2) is 0 Å². The molecule has 0 saturated heterocycles. The van der Waals surface area contributed by atoms with Crippen molar-refractivity contribution in [2.45, 2.75) is 33.1 Å². The molecule has 0 fully saturated rings.